The highest BCUT2D eigenvalue weighted by Gasteiger charge is 2.25. The average Bonchev–Trinajstić information content (AvgIpc) is 2.24. The Bertz CT molecular complexity index is 268. The van der Waals surface area contributed by atoms with Crippen LogP contribution >= 0.6 is 0 Å². The molecule has 5 heteroatoms. The van der Waals surface area contributed by atoms with Crippen LogP contribution in [0.1, 0.15) is 32.6 Å². The molecule has 1 rings (SSSR count). The van der Waals surface area contributed by atoms with Gasteiger partial charge in [-0.25, -0.2) is 4.79 Å². The van der Waals surface area contributed by atoms with E-state index in [4.69, 9.17) is 5.11 Å². The number of carboxylic acid groups (broad SMARTS) is 1. The first-order valence-electron chi connectivity index (χ1n) is 5.73. The molecule has 0 aromatic carbocycles. The van der Waals surface area contributed by atoms with Crippen molar-refractivity contribution in [3.63, 3.8) is 0 Å². The number of carbonyl (C=O) groups is 2. The number of aliphatic carboxylic acids is 1. The smallest absolute Gasteiger partial charge is 0.323 e. The predicted molar refractivity (Wildman–Crippen MR) is 60.2 cm³/mol. The maximum Gasteiger partial charge on any atom is 0.323 e. The van der Waals surface area contributed by atoms with Crippen LogP contribution in [0.3, 0.4) is 0 Å². The van der Waals surface area contributed by atoms with Crippen LogP contribution in [0.4, 0.5) is 4.79 Å². The van der Waals surface area contributed by atoms with E-state index in [1.165, 1.54) is 6.42 Å². The largest absolute Gasteiger partial charge is 0.480 e. The van der Waals surface area contributed by atoms with Gasteiger partial charge in [0.2, 0.25) is 0 Å². The number of carbonyl (C=O) groups excluding carboxylic acids is 1. The fourth-order valence-corrected chi connectivity index (χ4v) is 2.20. The Labute approximate surface area is 95.8 Å². The first kappa shape index (κ1) is 12.8. The summed E-state index contributed by atoms with van der Waals surface area (Å²) in [6.07, 6.45) is 4.39. The third-order valence-electron chi connectivity index (χ3n) is 3.17. The first-order valence-corrected chi connectivity index (χ1v) is 5.73. The van der Waals surface area contributed by atoms with Gasteiger partial charge in [0, 0.05) is 13.1 Å². The normalized spacial score (nSPS) is 24.9. The summed E-state index contributed by atoms with van der Waals surface area (Å²) in [5, 5.41) is 10.8. The molecule has 1 aliphatic rings. The lowest BCUT2D eigenvalue weighted by atomic mass is 9.86. The maximum absolute atomic E-state index is 11.6. The average molecular weight is 228 g/mol. The molecule has 5 nitrogen and oxygen atoms in total. The van der Waals surface area contributed by atoms with Crippen molar-refractivity contribution in [1.29, 1.82) is 0 Å². The van der Waals surface area contributed by atoms with E-state index in [9.17, 15) is 9.59 Å². The molecular formula is C11H20N2O3. The van der Waals surface area contributed by atoms with Crippen molar-refractivity contribution in [1.82, 2.24) is 10.2 Å². The molecule has 1 fully saturated rings. The Balaban J connectivity index is 2.39. The van der Waals surface area contributed by atoms with E-state index in [1.54, 1.807) is 11.9 Å². The molecule has 92 valence electrons. The molecule has 0 aromatic rings. The molecule has 2 amide bonds. The quantitative estimate of drug-likeness (QED) is 0.764. The van der Waals surface area contributed by atoms with Crippen LogP contribution in [0.25, 0.3) is 0 Å². The molecule has 1 aliphatic carbocycles. The zero-order valence-corrected chi connectivity index (χ0v) is 9.90. The Kier molecular flexibility index (Phi) is 4.58. The number of amides is 2. The van der Waals surface area contributed by atoms with Crippen molar-refractivity contribution in [2.75, 3.05) is 13.6 Å². The van der Waals surface area contributed by atoms with E-state index < -0.39 is 5.97 Å². The van der Waals surface area contributed by atoms with E-state index >= 15 is 0 Å². The van der Waals surface area contributed by atoms with Crippen LogP contribution in [-0.2, 0) is 4.79 Å². The minimum absolute atomic E-state index is 0.248. The van der Waals surface area contributed by atoms with Gasteiger partial charge in [0.05, 0.1) is 0 Å². The molecule has 2 N–H and O–H groups in total. The van der Waals surface area contributed by atoms with Gasteiger partial charge in [-0.15, -0.1) is 0 Å². The highest BCUT2D eigenvalue weighted by atomic mass is 16.4. The predicted octanol–water partition coefficient (Wildman–Crippen LogP) is 1.29. The standard InChI is InChI=1S/C11H20N2O3/c1-8-4-3-5-9(6-8)13(2)11(16)12-7-10(14)15/h8-9H,3-7H2,1-2H3,(H,12,16)(H,14,15). The lowest BCUT2D eigenvalue weighted by Crippen LogP contribution is -2.46. The van der Waals surface area contributed by atoms with Gasteiger partial charge in [0.25, 0.3) is 0 Å². The number of hydrogen-bond donors (Lipinski definition) is 2. The maximum atomic E-state index is 11.6. The highest BCUT2D eigenvalue weighted by molar-refractivity contribution is 5.79. The highest BCUT2D eigenvalue weighted by Crippen LogP contribution is 2.26. The van der Waals surface area contributed by atoms with E-state index in [2.05, 4.69) is 12.2 Å². The van der Waals surface area contributed by atoms with Crippen LogP contribution in [-0.4, -0.2) is 41.6 Å². The fourth-order valence-electron chi connectivity index (χ4n) is 2.20. The Hall–Kier alpha value is -1.26. The van der Waals surface area contributed by atoms with Gasteiger partial charge >= 0.3 is 12.0 Å². The van der Waals surface area contributed by atoms with Gasteiger partial charge in [-0.1, -0.05) is 19.8 Å². The van der Waals surface area contributed by atoms with E-state index in [1.807, 2.05) is 0 Å². The van der Waals surface area contributed by atoms with Crippen LogP contribution in [0.5, 0.6) is 0 Å². The van der Waals surface area contributed by atoms with Gasteiger partial charge in [0.15, 0.2) is 0 Å². The van der Waals surface area contributed by atoms with Gasteiger partial charge in [-0.05, 0) is 18.8 Å². The minimum Gasteiger partial charge on any atom is -0.480 e. The summed E-state index contributed by atoms with van der Waals surface area (Å²) in [6.45, 7) is 1.88. The summed E-state index contributed by atoms with van der Waals surface area (Å²) in [7, 11) is 1.74. The topological polar surface area (TPSA) is 69.6 Å². The molecule has 0 radical (unpaired) electrons. The van der Waals surface area contributed by atoms with E-state index in [0.717, 1.165) is 19.3 Å². The van der Waals surface area contributed by atoms with Crippen molar-refractivity contribution < 1.29 is 14.7 Å². The van der Waals surface area contributed by atoms with E-state index in [0.29, 0.717) is 5.92 Å². The van der Waals surface area contributed by atoms with Crippen molar-refractivity contribution >= 4 is 12.0 Å². The molecule has 0 aromatic heterocycles. The fraction of sp³-hybridized carbons (Fsp3) is 0.818. The summed E-state index contributed by atoms with van der Waals surface area (Å²) in [4.78, 5) is 23.6. The van der Waals surface area contributed by atoms with Crippen molar-refractivity contribution in [2.24, 2.45) is 5.92 Å². The molecule has 2 atom stereocenters. The Morgan fingerprint density at radius 1 is 1.44 bits per heavy atom. The number of nitrogens with zero attached hydrogens (tertiary/aromatic N) is 1. The van der Waals surface area contributed by atoms with Crippen LogP contribution < -0.4 is 5.32 Å². The van der Waals surface area contributed by atoms with Crippen molar-refractivity contribution in [2.45, 2.75) is 38.6 Å². The SMILES string of the molecule is CC1CCCC(N(C)C(=O)NCC(=O)O)C1. The Morgan fingerprint density at radius 3 is 2.69 bits per heavy atom. The third kappa shape index (κ3) is 3.72. The molecule has 0 spiro atoms. The second-order valence-corrected chi connectivity index (χ2v) is 4.59. The lowest BCUT2D eigenvalue weighted by Gasteiger charge is -2.34. The summed E-state index contributed by atoms with van der Waals surface area (Å²) < 4.78 is 0. The second kappa shape index (κ2) is 5.72. The molecule has 16 heavy (non-hydrogen) atoms. The summed E-state index contributed by atoms with van der Waals surface area (Å²) >= 11 is 0. The monoisotopic (exact) mass is 228 g/mol. The van der Waals surface area contributed by atoms with Gasteiger partial charge in [-0.3, -0.25) is 4.79 Å². The Morgan fingerprint density at radius 2 is 2.12 bits per heavy atom. The van der Waals surface area contributed by atoms with E-state index in [-0.39, 0.29) is 18.6 Å². The molecule has 0 saturated heterocycles. The van der Waals surface area contributed by atoms with Crippen molar-refractivity contribution in [3.8, 4) is 0 Å². The summed E-state index contributed by atoms with van der Waals surface area (Å²) in [6, 6.07) is -0.0426. The number of rotatable bonds is 3. The van der Waals surface area contributed by atoms with Crippen LogP contribution in [0.15, 0.2) is 0 Å². The van der Waals surface area contributed by atoms with Crippen LogP contribution in [0, 0.1) is 5.92 Å². The second-order valence-electron chi connectivity index (χ2n) is 4.59. The lowest BCUT2D eigenvalue weighted by molar-refractivity contribution is -0.135. The molecule has 0 heterocycles. The van der Waals surface area contributed by atoms with Crippen LogP contribution in [0.2, 0.25) is 0 Å². The zero-order chi connectivity index (χ0) is 12.1. The molecule has 0 bridgehead atoms. The molecule has 2 unspecified atom stereocenters. The number of nitrogens with one attached hydrogen (secondary N) is 1. The molecular weight excluding hydrogens is 208 g/mol. The third-order valence-corrected chi connectivity index (χ3v) is 3.17. The number of hydrogen-bond acceptors (Lipinski definition) is 2. The van der Waals surface area contributed by atoms with Gasteiger partial charge in [-0.2, -0.15) is 0 Å². The number of urea groups is 1. The minimum atomic E-state index is -1.02. The summed E-state index contributed by atoms with van der Waals surface area (Å²) in [5.74, 6) is -0.368. The van der Waals surface area contributed by atoms with Gasteiger partial charge in [0.1, 0.15) is 6.54 Å². The van der Waals surface area contributed by atoms with Crippen molar-refractivity contribution in [3.05, 3.63) is 0 Å². The first-order chi connectivity index (χ1) is 7.50. The summed E-state index contributed by atoms with van der Waals surface area (Å²) in [5.41, 5.74) is 0. The number of carboxylic acids is 1. The molecule has 1 saturated carbocycles. The molecule has 0 aliphatic heterocycles. The zero-order valence-electron chi connectivity index (χ0n) is 9.90. The van der Waals surface area contributed by atoms with Gasteiger partial charge < -0.3 is 15.3 Å².